The number of ether oxygens (including phenoxy) is 3. The zero-order chi connectivity index (χ0) is 14.8. The lowest BCUT2D eigenvalue weighted by molar-refractivity contribution is 0.114. The third kappa shape index (κ3) is 6.63. The topological polar surface area (TPSA) is 44.8 Å². The third-order valence-corrected chi connectivity index (χ3v) is 3.58. The molecule has 1 atom stereocenters. The molecule has 0 unspecified atom stereocenters. The van der Waals surface area contributed by atoms with Crippen molar-refractivity contribution in [2.24, 2.45) is 0 Å². The summed E-state index contributed by atoms with van der Waals surface area (Å²) in [6, 6.07) is 10.2. The van der Waals surface area contributed by atoms with Gasteiger partial charge in [-0.3, -0.25) is 0 Å². The van der Waals surface area contributed by atoms with Gasteiger partial charge in [-0.2, -0.15) is 0 Å². The second-order valence-corrected chi connectivity index (χ2v) is 5.40. The van der Waals surface area contributed by atoms with E-state index in [-0.39, 0.29) is 6.10 Å². The van der Waals surface area contributed by atoms with E-state index in [1.807, 2.05) is 18.2 Å². The van der Waals surface area contributed by atoms with Crippen molar-refractivity contribution >= 4 is 6.16 Å². The van der Waals surface area contributed by atoms with E-state index in [9.17, 15) is 4.79 Å². The molecule has 0 spiro atoms. The zero-order valence-corrected chi connectivity index (χ0v) is 12.5. The van der Waals surface area contributed by atoms with E-state index >= 15 is 0 Å². The first-order valence-electron chi connectivity index (χ1n) is 7.79. The van der Waals surface area contributed by atoms with Gasteiger partial charge in [0, 0.05) is 6.61 Å². The maximum atomic E-state index is 10.7. The van der Waals surface area contributed by atoms with Gasteiger partial charge in [-0.05, 0) is 24.8 Å². The molecule has 0 N–H and O–H groups in total. The van der Waals surface area contributed by atoms with E-state index in [1.165, 1.54) is 24.8 Å². The molecule has 1 aromatic carbocycles. The van der Waals surface area contributed by atoms with Crippen molar-refractivity contribution in [3.05, 3.63) is 35.9 Å². The molecule has 0 aromatic heterocycles. The zero-order valence-electron chi connectivity index (χ0n) is 12.5. The van der Waals surface area contributed by atoms with Crippen LogP contribution in [0.3, 0.4) is 0 Å². The summed E-state index contributed by atoms with van der Waals surface area (Å²) in [4.78, 5) is 10.7. The molecule has 1 saturated heterocycles. The summed E-state index contributed by atoms with van der Waals surface area (Å²) in [5.41, 5.74) is 1.23. The summed E-state index contributed by atoms with van der Waals surface area (Å²) >= 11 is 0. The highest BCUT2D eigenvalue weighted by Gasteiger charge is 2.23. The van der Waals surface area contributed by atoms with Gasteiger partial charge in [0.1, 0.15) is 12.7 Å². The number of cyclic esters (lactones) is 2. The molecule has 4 nitrogen and oxygen atoms in total. The van der Waals surface area contributed by atoms with Gasteiger partial charge in [-0.1, -0.05) is 49.6 Å². The molecule has 1 heterocycles. The molecule has 0 aliphatic carbocycles. The molecular formula is C17H24O4. The van der Waals surface area contributed by atoms with E-state index in [1.54, 1.807) is 0 Å². The Morgan fingerprint density at radius 2 is 1.81 bits per heavy atom. The number of carbonyl (C=O) groups excluding carboxylic acids is 1. The molecule has 116 valence electrons. The summed E-state index contributed by atoms with van der Waals surface area (Å²) in [7, 11) is 0. The van der Waals surface area contributed by atoms with Gasteiger partial charge in [-0.15, -0.1) is 0 Å². The standard InChI is InChI=1S/C17H24O4/c18-17-20-14-16(21-17)11-7-2-1-3-8-12-19-13-15-9-5-4-6-10-15/h4-6,9-10,16H,1-3,7-8,11-14H2/t16-/m0/s1. The average molecular weight is 292 g/mol. The van der Waals surface area contributed by atoms with Gasteiger partial charge in [0.2, 0.25) is 0 Å². The van der Waals surface area contributed by atoms with Crippen LogP contribution < -0.4 is 0 Å². The SMILES string of the molecule is O=C1OC[C@H](CCCCCCCOCc2ccccc2)O1. The number of hydrogen-bond acceptors (Lipinski definition) is 4. The Balaban J connectivity index is 1.36. The minimum atomic E-state index is -0.518. The minimum Gasteiger partial charge on any atom is -0.430 e. The van der Waals surface area contributed by atoms with Crippen LogP contribution in [-0.2, 0) is 20.8 Å². The maximum Gasteiger partial charge on any atom is 0.508 e. The van der Waals surface area contributed by atoms with Gasteiger partial charge >= 0.3 is 6.16 Å². The lowest BCUT2D eigenvalue weighted by atomic mass is 10.1. The highest BCUT2D eigenvalue weighted by molar-refractivity contribution is 5.61. The third-order valence-electron chi connectivity index (χ3n) is 3.58. The summed E-state index contributed by atoms with van der Waals surface area (Å²) < 4.78 is 15.4. The first-order chi connectivity index (χ1) is 10.3. The number of unbranched alkanes of at least 4 members (excludes halogenated alkanes) is 4. The summed E-state index contributed by atoms with van der Waals surface area (Å²) in [6.07, 6.45) is 6.14. The first-order valence-corrected chi connectivity index (χ1v) is 7.79. The Morgan fingerprint density at radius 1 is 1.05 bits per heavy atom. The number of benzene rings is 1. The quantitative estimate of drug-likeness (QED) is 0.481. The van der Waals surface area contributed by atoms with Gasteiger partial charge < -0.3 is 14.2 Å². The van der Waals surface area contributed by atoms with Crippen molar-refractivity contribution in [1.29, 1.82) is 0 Å². The van der Waals surface area contributed by atoms with E-state index in [0.717, 1.165) is 25.9 Å². The van der Waals surface area contributed by atoms with Gasteiger partial charge in [0.25, 0.3) is 0 Å². The summed E-state index contributed by atoms with van der Waals surface area (Å²) in [5.74, 6) is 0. The molecule has 21 heavy (non-hydrogen) atoms. The Kier molecular flexibility index (Phi) is 7.08. The van der Waals surface area contributed by atoms with Crippen molar-refractivity contribution in [2.75, 3.05) is 13.2 Å². The van der Waals surface area contributed by atoms with Crippen molar-refractivity contribution in [3.63, 3.8) is 0 Å². The van der Waals surface area contributed by atoms with Crippen molar-refractivity contribution in [3.8, 4) is 0 Å². The van der Waals surface area contributed by atoms with Crippen molar-refractivity contribution in [2.45, 2.75) is 51.2 Å². The number of carbonyl (C=O) groups is 1. The van der Waals surface area contributed by atoms with Gasteiger partial charge in [0.15, 0.2) is 0 Å². The van der Waals surface area contributed by atoms with Crippen LogP contribution in [0.1, 0.15) is 44.1 Å². The molecule has 1 aromatic rings. The fourth-order valence-electron chi connectivity index (χ4n) is 2.38. The van der Waals surface area contributed by atoms with Crippen molar-refractivity contribution < 1.29 is 19.0 Å². The average Bonchev–Trinajstić information content (AvgIpc) is 2.92. The Labute approximate surface area is 126 Å². The van der Waals surface area contributed by atoms with Gasteiger partial charge in [-0.25, -0.2) is 4.79 Å². The lowest BCUT2D eigenvalue weighted by Crippen LogP contribution is -2.09. The largest absolute Gasteiger partial charge is 0.508 e. The molecule has 2 rings (SSSR count). The molecular weight excluding hydrogens is 268 g/mol. The van der Waals surface area contributed by atoms with E-state index in [2.05, 4.69) is 12.1 Å². The summed E-state index contributed by atoms with van der Waals surface area (Å²) in [5, 5.41) is 0. The van der Waals surface area contributed by atoms with Crippen LogP contribution in [-0.4, -0.2) is 25.5 Å². The van der Waals surface area contributed by atoms with Crippen LogP contribution in [0.4, 0.5) is 4.79 Å². The molecule has 1 fully saturated rings. The summed E-state index contributed by atoms with van der Waals surface area (Å²) in [6.45, 7) is 1.95. The highest BCUT2D eigenvalue weighted by atomic mass is 16.8. The monoisotopic (exact) mass is 292 g/mol. The van der Waals surface area contributed by atoms with Crippen LogP contribution in [0.5, 0.6) is 0 Å². The maximum absolute atomic E-state index is 10.7. The predicted molar refractivity (Wildman–Crippen MR) is 80.0 cm³/mol. The molecule has 0 bridgehead atoms. The smallest absolute Gasteiger partial charge is 0.430 e. The van der Waals surface area contributed by atoms with Crippen LogP contribution in [0, 0.1) is 0 Å². The van der Waals surface area contributed by atoms with Crippen LogP contribution in [0.25, 0.3) is 0 Å². The molecule has 1 aliphatic rings. The fourth-order valence-corrected chi connectivity index (χ4v) is 2.38. The molecule has 0 radical (unpaired) electrons. The Morgan fingerprint density at radius 3 is 2.57 bits per heavy atom. The highest BCUT2D eigenvalue weighted by Crippen LogP contribution is 2.14. The van der Waals surface area contributed by atoms with E-state index < -0.39 is 6.16 Å². The second-order valence-electron chi connectivity index (χ2n) is 5.40. The Bertz CT molecular complexity index is 405. The fraction of sp³-hybridized carbons (Fsp3) is 0.588. The Hall–Kier alpha value is -1.55. The molecule has 1 aliphatic heterocycles. The first kappa shape index (κ1) is 15.8. The van der Waals surface area contributed by atoms with Crippen LogP contribution in [0.2, 0.25) is 0 Å². The normalized spacial score (nSPS) is 17.5. The van der Waals surface area contributed by atoms with Gasteiger partial charge in [0.05, 0.1) is 6.61 Å². The molecule has 0 saturated carbocycles. The second kappa shape index (κ2) is 9.40. The van der Waals surface area contributed by atoms with Crippen LogP contribution >= 0.6 is 0 Å². The number of rotatable bonds is 10. The number of hydrogen-bond donors (Lipinski definition) is 0. The molecule has 0 amide bonds. The lowest BCUT2D eigenvalue weighted by Gasteiger charge is -2.06. The van der Waals surface area contributed by atoms with E-state index in [0.29, 0.717) is 13.2 Å². The van der Waals surface area contributed by atoms with Crippen LogP contribution in [0.15, 0.2) is 30.3 Å². The van der Waals surface area contributed by atoms with E-state index in [4.69, 9.17) is 14.2 Å². The predicted octanol–water partition coefficient (Wildman–Crippen LogP) is 4.08. The minimum absolute atomic E-state index is 0.0216. The van der Waals surface area contributed by atoms with Crippen molar-refractivity contribution in [1.82, 2.24) is 0 Å². The molecule has 4 heteroatoms.